The fraction of sp³-hybridized carbons (Fsp3) is 0.229. The first-order chi connectivity index (χ1) is 21.2. The lowest BCUT2D eigenvalue weighted by atomic mass is 10.0. The van der Waals surface area contributed by atoms with E-state index in [1.54, 1.807) is 7.11 Å². The highest BCUT2D eigenvalue weighted by molar-refractivity contribution is 5.95. The number of benzene rings is 4. The van der Waals surface area contributed by atoms with Gasteiger partial charge in [-0.15, -0.1) is 0 Å². The standard InChI is InChI=1S/C35H33N5O3/c1-41-32-21-31-30(20-33(32)43-17-14-40-12-15-42-16-13-40)35(37-29-11-10-27-22-36-23-28(27)19-29)39-34(38-31)26-9-5-8-25(18-26)24-6-3-2-4-7-24/h2-11,18-21,23H,12-17,22H2,1H3,(H,37,38,39). The highest BCUT2D eigenvalue weighted by Gasteiger charge is 2.17. The van der Waals surface area contributed by atoms with Crippen LogP contribution in [0, 0.1) is 0 Å². The zero-order chi connectivity index (χ0) is 29.0. The summed E-state index contributed by atoms with van der Waals surface area (Å²) < 4.78 is 17.5. The second kappa shape index (κ2) is 12.2. The minimum absolute atomic E-state index is 0.542. The molecule has 2 aliphatic heterocycles. The quantitative estimate of drug-likeness (QED) is 0.221. The molecule has 8 nitrogen and oxygen atoms in total. The third kappa shape index (κ3) is 5.93. The van der Waals surface area contributed by atoms with E-state index in [-0.39, 0.29) is 0 Å². The monoisotopic (exact) mass is 571 g/mol. The Labute approximate surface area is 251 Å². The van der Waals surface area contributed by atoms with E-state index in [0.29, 0.717) is 29.7 Å². The Morgan fingerprint density at radius 1 is 0.837 bits per heavy atom. The van der Waals surface area contributed by atoms with Crippen molar-refractivity contribution in [1.29, 1.82) is 0 Å². The molecule has 0 saturated carbocycles. The van der Waals surface area contributed by atoms with E-state index in [4.69, 9.17) is 24.2 Å². The molecule has 0 amide bonds. The molecule has 1 fully saturated rings. The van der Waals surface area contributed by atoms with Crippen molar-refractivity contribution >= 4 is 28.6 Å². The maximum absolute atomic E-state index is 6.28. The predicted molar refractivity (Wildman–Crippen MR) is 171 cm³/mol. The van der Waals surface area contributed by atoms with E-state index in [0.717, 1.165) is 78.2 Å². The number of rotatable bonds is 9. The zero-order valence-corrected chi connectivity index (χ0v) is 24.1. The van der Waals surface area contributed by atoms with E-state index >= 15 is 0 Å². The Kier molecular flexibility index (Phi) is 7.69. The molecule has 0 spiro atoms. The van der Waals surface area contributed by atoms with Crippen molar-refractivity contribution in [3.8, 4) is 34.0 Å². The fourth-order valence-electron chi connectivity index (χ4n) is 5.53. The highest BCUT2D eigenvalue weighted by Crippen LogP contribution is 2.37. The third-order valence-corrected chi connectivity index (χ3v) is 7.88. The van der Waals surface area contributed by atoms with Gasteiger partial charge >= 0.3 is 0 Å². The summed E-state index contributed by atoms with van der Waals surface area (Å²) in [7, 11) is 1.66. The SMILES string of the molecule is COc1cc2nc(-c3cccc(-c4ccccc4)c3)nc(Nc3ccc4c(c3)C=NC4)c2cc1OCCN1CCOCC1. The van der Waals surface area contributed by atoms with Crippen LogP contribution in [-0.4, -0.2) is 67.6 Å². The number of hydrogen-bond donors (Lipinski definition) is 1. The van der Waals surface area contributed by atoms with E-state index < -0.39 is 0 Å². The summed E-state index contributed by atoms with van der Waals surface area (Å²) in [6.07, 6.45) is 1.92. The topological polar surface area (TPSA) is 81.1 Å². The van der Waals surface area contributed by atoms with Gasteiger partial charge in [-0.05, 0) is 46.5 Å². The molecule has 0 aliphatic carbocycles. The summed E-state index contributed by atoms with van der Waals surface area (Å²) in [5.41, 5.74) is 7.21. The van der Waals surface area contributed by atoms with Gasteiger partial charge in [0.25, 0.3) is 0 Å². The average Bonchev–Trinajstić information content (AvgIpc) is 3.53. The first-order valence-electron chi connectivity index (χ1n) is 14.6. The molecule has 1 saturated heterocycles. The number of hydrogen-bond acceptors (Lipinski definition) is 8. The number of methoxy groups -OCH3 is 1. The number of aromatic nitrogens is 2. The maximum Gasteiger partial charge on any atom is 0.162 e. The molecular formula is C35H33N5O3. The van der Waals surface area contributed by atoms with Crippen LogP contribution >= 0.6 is 0 Å². The molecular weight excluding hydrogens is 538 g/mol. The summed E-state index contributed by atoms with van der Waals surface area (Å²) in [5, 5.41) is 4.42. The summed E-state index contributed by atoms with van der Waals surface area (Å²) in [5.74, 6) is 2.62. The van der Waals surface area contributed by atoms with Crippen molar-refractivity contribution in [2.45, 2.75) is 6.54 Å². The first-order valence-corrected chi connectivity index (χ1v) is 14.6. The van der Waals surface area contributed by atoms with Gasteiger partial charge in [-0.1, -0.05) is 54.6 Å². The summed E-state index contributed by atoms with van der Waals surface area (Å²) in [6, 6.07) is 28.9. The molecule has 1 N–H and O–H groups in total. The number of nitrogens with zero attached hydrogens (tertiary/aromatic N) is 4. The lowest BCUT2D eigenvalue weighted by Gasteiger charge is -2.26. The van der Waals surface area contributed by atoms with Crippen molar-refractivity contribution in [1.82, 2.24) is 14.9 Å². The molecule has 2 aliphatic rings. The second-order valence-electron chi connectivity index (χ2n) is 10.7. The maximum atomic E-state index is 6.28. The third-order valence-electron chi connectivity index (χ3n) is 7.88. The Bertz CT molecular complexity index is 1780. The minimum Gasteiger partial charge on any atom is -0.493 e. The largest absolute Gasteiger partial charge is 0.493 e. The van der Waals surface area contributed by atoms with Crippen LogP contribution in [-0.2, 0) is 11.3 Å². The lowest BCUT2D eigenvalue weighted by Crippen LogP contribution is -2.38. The van der Waals surface area contributed by atoms with E-state index in [9.17, 15) is 0 Å². The molecule has 5 aromatic rings. The van der Waals surface area contributed by atoms with Gasteiger partial charge in [-0.2, -0.15) is 0 Å². The Morgan fingerprint density at radius 3 is 2.53 bits per heavy atom. The molecule has 0 unspecified atom stereocenters. The van der Waals surface area contributed by atoms with E-state index in [1.165, 1.54) is 5.56 Å². The van der Waals surface area contributed by atoms with Crippen LogP contribution in [0.25, 0.3) is 33.4 Å². The summed E-state index contributed by atoms with van der Waals surface area (Å²) in [4.78, 5) is 16.8. The van der Waals surface area contributed by atoms with Crippen molar-refractivity contribution in [3.05, 3.63) is 96.1 Å². The number of aliphatic imine (C=N–C) groups is 1. The van der Waals surface area contributed by atoms with Gasteiger partial charge < -0.3 is 19.5 Å². The van der Waals surface area contributed by atoms with E-state index in [1.807, 2.05) is 48.7 Å². The number of nitrogens with one attached hydrogen (secondary N) is 1. The average molecular weight is 572 g/mol. The van der Waals surface area contributed by atoms with E-state index in [2.05, 4.69) is 57.7 Å². The zero-order valence-electron chi connectivity index (χ0n) is 24.1. The van der Waals surface area contributed by atoms with Crippen molar-refractivity contribution in [2.24, 2.45) is 4.99 Å². The van der Waals surface area contributed by atoms with Crippen LogP contribution in [0.15, 0.2) is 89.9 Å². The van der Waals surface area contributed by atoms with Gasteiger partial charge in [0.05, 0.1) is 32.4 Å². The van der Waals surface area contributed by atoms with Crippen molar-refractivity contribution < 1.29 is 14.2 Å². The smallest absolute Gasteiger partial charge is 0.162 e. The van der Waals surface area contributed by atoms with Gasteiger partial charge in [0.1, 0.15) is 12.4 Å². The van der Waals surface area contributed by atoms with Crippen LogP contribution in [0.4, 0.5) is 11.5 Å². The van der Waals surface area contributed by atoms with Crippen LogP contribution in [0.2, 0.25) is 0 Å². The normalized spacial score (nSPS) is 14.5. The number of morpholine rings is 1. The Balaban J connectivity index is 1.28. The number of fused-ring (bicyclic) bond motifs is 2. The summed E-state index contributed by atoms with van der Waals surface area (Å²) >= 11 is 0. The molecule has 7 rings (SSSR count). The fourth-order valence-corrected chi connectivity index (χ4v) is 5.53. The van der Waals surface area contributed by atoms with Crippen LogP contribution in [0.3, 0.4) is 0 Å². The molecule has 43 heavy (non-hydrogen) atoms. The molecule has 4 aromatic carbocycles. The van der Waals surface area contributed by atoms with Gasteiger partial charge in [-0.3, -0.25) is 9.89 Å². The Morgan fingerprint density at radius 2 is 1.67 bits per heavy atom. The molecule has 0 bridgehead atoms. The first kappa shape index (κ1) is 27.1. The van der Waals surface area contributed by atoms with Gasteiger partial charge in [0.2, 0.25) is 0 Å². The second-order valence-corrected chi connectivity index (χ2v) is 10.7. The number of ether oxygens (including phenoxy) is 3. The van der Waals surface area contributed by atoms with Gasteiger partial charge in [-0.25, -0.2) is 9.97 Å². The molecule has 0 radical (unpaired) electrons. The lowest BCUT2D eigenvalue weighted by molar-refractivity contribution is 0.0321. The molecule has 0 atom stereocenters. The molecule has 216 valence electrons. The molecule has 3 heterocycles. The number of anilines is 2. The van der Waals surface area contributed by atoms with Crippen molar-refractivity contribution in [3.63, 3.8) is 0 Å². The Hall–Kier alpha value is -4.79. The highest BCUT2D eigenvalue weighted by atomic mass is 16.5. The summed E-state index contributed by atoms with van der Waals surface area (Å²) in [6.45, 7) is 5.44. The van der Waals surface area contributed by atoms with Crippen LogP contribution in [0.1, 0.15) is 11.1 Å². The van der Waals surface area contributed by atoms with Gasteiger partial charge in [0.15, 0.2) is 17.3 Å². The van der Waals surface area contributed by atoms with Gasteiger partial charge in [0, 0.05) is 48.6 Å². The predicted octanol–water partition coefficient (Wildman–Crippen LogP) is 6.36. The molecule has 8 heteroatoms. The van der Waals surface area contributed by atoms with Crippen LogP contribution in [0.5, 0.6) is 11.5 Å². The van der Waals surface area contributed by atoms with Crippen LogP contribution < -0.4 is 14.8 Å². The molecule has 1 aromatic heterocycles. The minimum atomic E-state index is 0.542. The van der Waals surface area contributed by atoms with Crippen molar-refractivity contribution in [2.75, 3.05) is 51.9 Å².